The second-order valence-corrected chi connectivity index (χ2v) is 4.42. The predicted molar refractivity (Wildman–Crippen MR) is 49.3 cm³/mol. The van der Waals surface area contributed by atoms with Crippen LogP contribution in [0.4, 0.5) is 5.13 Å². The van der Waals surface area contributed by atoms with Gasteiger partial charge in [0.25, 0.3) is 0 Å². The van der Waals surface area contributed by atoms with Crippen LogP contribution in [0.5, 0.6) is 0 Å². The van der Waals surface area contributed by atoms with Gasteiger partial charge in [-0.3, -0.25) is 0 Å². The van der Waals surface area contributed by atoms with Gasteiger partial charge in [-0.15, -0.1) is 10.2 Å². The van der Waals surface area contributed by atoms with Gasteiger partial charge in [-0.05, 0) is 19.8 Å². The molecule has 3 N–H and O–H groups in total. The van der Waals surface area contributed by atoms with E-state index in [0.717, 1.165) is 23.0 Å². The van der Waals surface area contributed by atoms with Crippen LogP contribution in [0.2, 0.25) is 0 Å². The third-order valence-electron chi connectivity index (χ3n) is 2.14. The molecule has 1 aliphatic rings. The third kappa shape index (κ3) is 1.42. The Labute approximate surface area is 75.2 Å². The summed E-state index contributed by atoms with van der Waals surface area (Å²) in [6.07, 6.45) is 2.31. The second-order valence-electron chi connectivity index (χ2n) is 3.24. The number of nitrogens with two attached hydrogens (primary N) is 1. The van der Waals surface area contributed by atoms with E-state index in [9.17, 15) is 0 Å². The highest BCUT2D eigenvalue weighted by atomic mass is 32.1. The lowest BCUT2D eigenvalue weighted by Crippen LogP contribution is -2.30. The number of nitrogens with zero attached hydrogens (tertiary/aromatic N) is 2. The van der Waals surface area contributed by atoms with Crippen LogP contribution < -0.4 is 11.1 Å². The summed E-state index contributed by atoms with van der Waals surface area (Å²) in [4.78, 5) is 0. The summed E-state index contributed by atoms with van der Waals surface area (Å²) in [6, 6.07) is 0. The first-order chi connectivity index (χ1) is 5.74. The molecule has 0 saturated heterocycles. The number of anilines is 1. The molecule has 1 heterocycles. The SMILES string of the molecule is Cc1nnc(NC2(CN)CC2)s1. The molecule has 1 aromatic heterocycles. The van der Waals surface area contributed by atoms with Gasteiger partial charge in [-0.2, -0.15) is 0 Å². The molecule has 1 fully saturated rings. The summed E-state index contributed by atoms with van der Waals surface area (Å²) < 4.78 is 0. The molecule has 0 aliphatic heterocycles. The number of hydrogen-bond donors (Lipinski definition) is 2. The quantitative estimate of drug-likeness (QED) is 0.727. The van der Waals surface area contributed by atoms with Crippen LogP contribution >= 0.6 is 11.3 Å². The molecule has 1 aliphatic carbocycles. The zero-order chi connectivity index (χ0) is 8.60. The first-order valence-electron chi connectivity index (χ1n) is 4.02. The lowest BCUT2D eigenvalue weighted by molar-refractivity contribution is 0.738. The van der Waals surface area contributed by atoms with Crippen molar-refractivity contribution in [1.29, 1.82) is 0 Å². The Balaban J connectivity index is 2.04. The molecule has 0 amide bonds. The first-order valence-corrected chi connectivity index (χ1v) is 4.84. The van der Waals surface area contributed by atoms with Gasteiger partial charge in [-0.1, -0.05) is 11.3 Å². The summed E-state index contributed by atoms with van der Waals surface area (Å²) in [5, 5.41) is 13.1. The zero-order valence-electron chi connectivity index (χ0n) is 7.00. The van der Waals surface area contributed by atoms with Gasteiger partial charge in [0.1, 0.15) is 5.01 Å². The van der Waals surface area contributed by atoms with Crippen LogP contribution in [0, 0.1) is 6.92 Å². The minimum absolute atomic E-state index is 0.145. The van der Waals surface area contributed by atoms with Crippen molar-refractivity contribution in [2.45, 2.75) is 25.3 Å². The van der Waals surface area contributed by atoms with Crippen LogP contribution in [0.25, 0.3) is 0 Å². The predicted octanol–water partition coefficient (Wildman–Crippen LogP) is 0.750. The van der Waals surface area contributed by atoms with Crippen molar-refractivity contribution in [2.24, 2.45) is 5.73 Å². The van der Waals surface area contributed by atoms with Crippen LogP contribution in [0.3, 0.4) is 0 Å². The van der Waals surface area contributed by atoms with E-state index in [2.05, 4.69) is 15.5 Å². The van der Waals surface area contributed by atoms with E-state index in [1.807, 2.05) is 6.92 Å². The maximum absolute atomic E-state index is 5.62. The molecular weight excluding hydrogens is 172 g/mol. The molecule has 5 heteroatoms. The fourth-order valence-electron chi connectivity index (χ4n) is 1.10. The fraction of sp³-hybridized carbons (Fsp3) is 0.714. The summed E-state index contributed by atoms with van der Waals surface area (Å²) >= 11 is 1.58. The van der Waals surface area contributed by atoms with Crippen molar-refractivity contribution < 1.29 is 0 Å². The summed E-state index contributed by atoms with van der Waals surface area (Å²) in [7, 11) is 0. The minimum Gasteiger partial charge on any atom is -0.353 e. The zero-order valence-corrected chi connectivity index (χ0v) is 7.82. The molecule has 12 heavy (non-hydrogen) atoms. The van der Waals surface area contributed by atoms with Crippen LogP contribution in [0.1, 0.15) is 17.8 Å². The average molecular weight is 184 g/mol. The Hall–Kier alpha value is -0.680. The van der Waals surface area contributed by atoms with Crippen molar-refractivity contribution in [3.63, 3.8) is 0 Å². The van der Waals surface area contributed by atoms with Crippen molar-refractivity contribution in [3.8, 4) is 0 Å². The van der Waals surface area contributed by atoms with Crippen LogP contribution in [0.15, 0.2) is 0 Å². The number of nitrogens with one attached hydrogen (secondary N) is 1. The summed E-state index contributed by atoms with van der Waals surface area (Å²) in [5.41, 5.74) is 5.76. The molecule has 0 unspecified atom stereocenters. The number of rotatable bonds is 3. The molecule has 2 rings (SSSR count). The molecule has 0 atom stereocenters. The van der Waals surface area contributed by atoms with E-state index in [0.29, 0.717) is 6.54 Å². The van der Waals surface area contributed by atoms with Crippen molar-refractivity contribution >= 4 is 16.5 Å². The van der Waals surface area contributed by atoms with E-state index in [1.54, 1.807) is 11.3 Å². The highest BCUT2D eigenvalue weighted by molar-refractivity contribution is 7.15. The van der Waals surface area contributed by atoms with Gasteiger partial charge < -0.3 is 11.1 Å². The van der Waals surface area contributed by atoms with Crippen LogP contribution in [-0.2, 0) is 0 Å². The van der Waals surface area contributed by atoms with E-state index in [4.69, 9.17) is 5.73 Å². The largest absolute Gasteiger partial charge is 0.353 e. The smallest absolute Gasteiger partial charge is 0.206 e. The van der Waals surface area contributed by atoms with Gasteiger partial charge in [0.15, 0.2) is 0 Å². The average Bonchev–Trinajstić information content (AvgIpc) is 2.71. The van der Waals surface area contributed by atoms with E-state index < -0.39 is 0 Å². The lowest BCUT2D eigenvalue weighted by atomic mass is 10.3. The number of aromatic nitrogens is 2. The van der Waals surface area contributed by atoms with Gasteiger partial charge in [0.2, 0.25) is 5.13 Å². The van der Waals surface area contributed by atoms with E-state index in [1.165, 1.54) is 0 Å². The Morgan fingerprint density at radius 2 is 2.33 bits per heavy atom. The molecule has 66 valence electrons. The molecule has 0 spiro atoms. The molecule has 0 aromatic carbocycles. The van der Waals surface area contributed by atoms with Crippen LogP contribution in [-0.4, -0.2) is 22.3 Å². The van der Waals surface area contributed by atoms with Gasteiger partial charge in [0, 0.05) is 6.54 Å². The normalized spacial score (nSPS) is 19.2. The van der Waals surface area contributed by atoms with Crippen molar-refractivity contribution in [2.75, 3.05) is 11.9 Å². The van der Waals surface area contributed by atoms with E-state index in [-0.39, 0.29) is 5.54 Å². The lowest BCUT2D eigenvalue weighted by Gasteiger charge is -2.12. The Kier molecular flexibility index (Phi) is 1.77. The third-order valence-corrected chi connectivity index (χ3v) is 2.90. The molecule has 0 radical (unpaired) electrons. The van der Waals surface area contributed by atoms with Gasteiger partial charge in [0.05, 0.1) is 5.54 Å². The minimum atomic E-state index is 0.145. The first kappa shape index (κ1) is 7.94. The Morgan fingerprint density at radius 3 is 2.75 bits per heavy atom. The van der Waals surface area contributed by atoms with Crippen molar-refractivity contribution in [3.05, 3.63) is 5.01 Å². The van der Waals surface area contributed by atoms with Gasteiger partial charge in [-0.25, -0.2) is 0 Å². The van der Waals surface area contributed by atoms with Crippen molar-refractivity contribution in [1.82, 2.24) is 10.2 Å². The molecule has 1 aromatic rings. The Morgan fingerprint density at radius 1 is 1.58 bits per heavy atom. The summed E-state index contributed by atoms with van der Waals surface area (Å²) in [6.45, 7) is 2.64. The molecule has 0 bridgehead atoms. The second kappa shape index (κ2) is 2.67. The number of hydrogen-bond acceptors (Lipinski definition) is 5. The molecule has 1 saturated carbocycles. The topological polar surface area (TPSA) is 63.8 Å². The standard InChI is InChI=1S/C7H12N4S/c1-5-10-11-6(12-5)9-7(4-8)2-3-7/h2-4,8H2,1H3,(H,9,11). The summed E-state index contributed by atoms with van der Waals surface area (Å²) in [5.74, 6) is 0. The highest BCUT2D eigenvalue weighted by Crippen LogP contribution is 2.38. The molecular formula is C7H12N4S. The van der Waals surface area contributed by atoms with Gasteiger partial charge >= 0.3 is 0 Å². The maximum atomic E-state index is 5.62. The number of aryl methyl sites for hydroxylation is 1. The highest BCUT2D eigenvalue weighted by Gasteiger charge is 2.41. The Bertz CT molecular complexity index is 279. The monoisotopic (exact) mass is 184 g/mol. The fourth-order valence-corrected chi connectivity index (χ4v) is 1.82. The molecule has 4 nitrogen and oxygen atoms in total. The maximum Gasteiger partial charge on any atom is 0.206 e. The van der Waals surface area contributed by atoms with E-state index >= 15 is 0 Å².